The number of carbonyl (C=O) groups is 3. The molecule has 1 saturated heterocycles. The third-order valence-electron chi connectivity index (χ3n) is 4.14. The summed E-state index contributed by atoms with van der Waals surface area (Å²) in [5.74, 6) is -0.471. The zero-order chi connectivity index (χ0) is 17.5. The third-order valence-corrected chi connectivity index (χ3v) is 4.14. The van der Waals surface area contributed by atoms with Crippen molar-refractivity contribution in [2.75, 3.05) is 32.7 Å². The normalized spacial score (nSPS) is 14.2. The molecule has 0 atom stereocenters. The Labute approximate surface area is 142 Å². The molecule has 0 radical (unpaired) electrons. The summed E-state index contributed by atoms with van der Waals surface area (Å²) in [7, 11) is 0. The van der Waals surface area contributed by atoms with Gasteiger partial charge in [0.1, 0.15) is 0 Å². The van der Waals surface area contributed by atoms with E-state index in [1.807, 2.05) is 0 Å². The molecule has 0 bridgehead atoms. The molecule has 7 heteroatoms. The highest BCUT2D eigenvalue weighted by Gasteiger charge is 2.29. The maximum Gasteiger partial charge on any atom is 0.324 e. The van der Waals surface area contributed by atoms with Crippen LogP contribution in [0, 0.1) is 0 Å². The van der Waals surface area contributed by atoms with Gasteiger partial charge in [0.15, 0.2) is 0 Å². The fraction of sp³-hybridized carbons (Fsp3) is 0.471. The summed E-state index contributed by atoms with van der Waals surface area (Å²) >= 11 is 0. The second-order valence-corrected chi connectivity index (χ2v) is 5.58. The fourth-order valence-corrected chi connectivity index (χ4v) is 2.63. The summed E-state index contributed by atoms with van der Waals surface area (Å²) < 4.78 is 0. The fourth-order valence-electron chi connectivity index (χ4n) is 2.63. The van der Waals surface area contributed by atoms with Gasteiger partial charge in [0, 0.05) is 18.7 Å². The Morgan fingerprint density at radius 1 is 1.25 bits per heavy atom. The van der Waals surface area contributed by atoms with Crippen molar-refractivity contribution in [2.24, 2.45) is 0 Å². The number of carbonyl (C=O) groups excluding carboxylic acids is 3. The number of hydrogen-bond donors (Lipinski definition) is 2. The van der Waals surface area contributed by atoms with Crippen molar-refractivity contribution in [3.05, 3.63) is 35.4 Å². The van der Waals surface area contributed by atoms with Crippen molar-refractivity contribution >= 4 is 17.8 Å². The van der Waals surface area contributed by atoms with Gasteiger partial charge in [0.25, 0.3) is 5.91 Å². The molecule has 2 rings (SSSR count). The first kappa shape index (κ1) is 17.9. The second-order valence-electron chi connectivity index (χ2n) is 5.58. The zero-order valence-corrected chi connectivity index (χ0v) is 14.2. The molecule has 1 aliphatic rings. The number of urea groups is 1. The summed E-state index contributed by atoms with van der Waals surface area (Å²) in [5, 5.41) is 5.38. The van der Waals surface area contributed by atoms with Crippen LogP contribution in [0.1, 0.15) is 29.8 Å². The predicted octanol–water partition coefficient (Wildman–Crippen LogP) is 0.810. The van der Waals surface area contributed by atoms with Gasteiger partial charge in [0.05, 0.1) is 13.1 Å². The standard InChI is InChI=1S/C17H24N4O3/c1-3-20(4-2)10-9-18-16(23)14-8-6-5-7-13(14)12-21-15(22)11-19-17(21)24/h5-8H,3-4,9-12H2,1-2H3,(H,18,23)(H,19,24). The predicted molar refractivity (Wildman–Crippen MR) is 90.5 cm³/mol. The van der Waals surface area contributed by atoms with Crippen molar-refractivity contribution in [3.8, 4) is 0 Å². The molecule has 1 aromatic rings. The number of nitrogens with zero attached hydrogens (tertiary/aromatic N) is 2. The first-order valence-electron chi connectivity index (χ1n) is 8.23. The zero-order valence-electron chi connectivity index (χ0n) is 14.2. The quantitative estimate of drug-likeness (QED) is 0.690. The molecular formula is C17H24N4O3. The minimum Gasteiger partial charge on any atom is -0.351 e. The van der Waals surface area contributed by atoms with Gasteiger partial charge in [-0.05, 0) is 24.7 Å². The Bertz CT molecular complexity index is 598. The number of benzene rings is 1. The summed E-state index contributed by atoms with van der Waals surface area (Å²) in [6, 6.07) is 6.62. The van der Waals surface area contributed by atoms with Crippen LogP contribution < -0.4 is 10.6 Å². The van der Waals surface area contributed by atoms with Crippen LogP contribution in [0.4, 0.5) is 4.79 Å². The van der Waals surface area contributed by atoms with Crippen molar-refractivity contribution in [1.82, 2.24) is 20.4 Å². The van der Waals surface area contributed by atoms with E-state index in [0.717, 1.165) is 24.5 Å². The molecule has 2 N–H and O–H groups in total. The number of rotatable bonds is 8. The minimum atomic E-state index is -0.420. The van der Waals surface area contributed by atoms with Gasteiger partial charge >= 0.3 is 6.03 Å². The van der Waals surface area contributed by atoms with Crippen LogP contribution in [0.15, 0.2) is 24.3 Å². The Morgan fingerprint density at radius 3 is 2.58 bits per heavy atom. The number of likely N-dealkylation sites (N-methyl/N-ethyl adjacent to an activating group) is 1. The Kier molecular flexibility index (Phi) is 6.31. The lowest BCUT2D eigenvalue weighted by Crippen LogP contribution is -2.36. The van der Waals surface area contributed by atoms with Gasteiger partial charge in [-0.2, -0.15) is 0 Å². The minimum absolute atomic E-state index is 0.0110. The first-order valence-corrected chi connectivity index (χ1v) is 8.23. The summed E-state index contributed by atoms with van der Waals surface area (Å²) in [4.78, 5) is 39.2. The Balaban J connectivity index is 2.01. The molecule has 1 aromatic carbocycles. The highest BCUT2D eigenvalue weighted by molar-refractivity contribution is 6.02. The van der Waals surface area contributed by atoms with Gasteiger partial charge < -0.3 is 15.5 Å². The number of amides is 4. The maximum absolute atomic E-state index is 12.4. The number of hydrogen-bond acceptors (Lipinski definition) is 4. The molecule has 4 amide bonds. The van der Waals surface area contributed by atoms with E-state index in [-0.39, 0.29) is 24.9 Å². The first-order chi connectivity index (χ1) is 11.6. The van der Waals surface area contributed by atoms with E-state index < -0.39 is 6.03 Å². The van der Waals surface area contributed by atoms with E-state index in [0.29, 0.717) is 17.7 Å². The van der Waals surface area contributed by atoms with E-state index >= 15 is 0 Å². The van der Waals surface area contributed by atoms with E-state index in [4.69, 9.17) is 0 Å². The molecule has 1 heterocycles. The van der Waals surface area contributed by atoms with E-state index in [1.54, 1.807) is 24.3 Å². The monoisotopic (exact) mass is 332 g/mol. The van der Waals surface area contributed by atoms with E-state index in [2.05, 4.69) is 29.4 Å². The Morgan fingerprint density at radius 2 is 1.96 bits per heavy atom. The molecule has 0 aromatic heterocycles. The molecule has 0 saturated carbocycles. The lowest BCUT2D eigenvalue weighted by atomic mass is 10.1. The smallest absolute Gasteiger partial charge is 0.324 e. The summed E-state index contributed by atoms with van der Waals surface area (Å²) in [6.45, 7) is 7.50. The average molecular weight is 332 g/mol. The highest BCUT2D eigenvalue weighted by Crippen LogP contribution is 2.14. The van der Waals surface area contributed by atoms with Gasteiger partial charge in [0.2, 0.25) is 5.91 Å². The van der Waals surface area contributed by atoms with Crippen molar-refractivity contribution in [1.29, 1.82) is 0 Å². The molecule has 0 spiro atoms. The van der Waals surface area contributed by atoms with Crippen LogP contribution in [0.3, 0.4) is 0 Å². The maximum atomic E-state index is 12.4. The third kappa shape index (κ3) is 4.32. The van der Waals surface area contributed by atoms with Gasteiger partial charge in [-0.25, -0.2) is 4.79 Å². The van der Waals surface area contributed by atoms with Crippen LogP contribution in [0.25, 0.3) is 0 Å². The molecule has 7 nitrogen and oxygen atoms in total. The molecule has 24 heavy (non-hydrogen) atoms. The van der Waals surface area contributed by atoms with Gasteiger partial charge in [-0.1, -0.05) is 32.0 Å². The van der Waals surface area contributed by atoms with Crippen LogP contribution >= 0.6 is 0 Å². The van der Waals surface area contributed by atoms with Crippen molar-refractivity contribution in [2.45, 2.75) is 20.4 Å². The van der Waals surface area contributed by atoms with E-state index in [1.165, 1.54) is 0 Å². The summed E-state index contributed by atoms with van der Waals surface area (Å²) in [6.07, 6.45) is 0. The molecule has 0 aliphatic carbocycles. The molecular weight excluding hydrogens is 308 g/mol. The van der Waals surface area contributed by atoms with Crippen LogP contribution in [-0.4, -0.2) is 60.4 Å². The summed E-state index contributed by atoms with van der Waals surface area (Å²) in [5.41, 5.74) is 1.15. The molecule has 1 fully saturated rings. The average Bonchev–Trinajstić information content (AvgIpc) is 2.91. The van der Waals surface area contributed by atoms with Crippen molar-refractivity contribution in [3.63, 3.8) is 0 Å². The number of nitrogens with one attached hydrogen (secondary N) is 2. The topological polar surface area (TPSA) is 81.8 Å². The van der Waals surface area contributed by atoms with E-state index in [9.17, 15) is 14.4 Å². The van der Waals surface area contributed by atoms with Crippen LogP contribution in [-0.2, 0) is 11.3 Å². The second kappa shape index (κ2) is 8.44. The molecule has 0 unspecified atom stereocenters. The Hall–Kier alpha value is -2.41. The molecule has 1 aliphatic heterocycles. The SMILES string of the molecule is CCN(CC)CCNC(=O)c1ccccc1CN1C(=O)CNC1=O. The highest BCUT2D eigenvalue weighted by atomic mass is 16.2. The largest absolute Gasteiger partial charge is 0.351 e. The van der Waals surface area contributed by atoms with Crippen LogP contribution in [0.2, 0.25) is 0 Å². The molecule has 130 valence electrons. The van der Waals surface area contributed by atoms with Gasteiger partial charge in [-0.3, -0.25) is 14.5 Å². The van der Waals surface area contributed by atoms with Crippen molar-refractivity contribution < 1.29 is 14.4 Å². The lowest BCUT2D eigenvalue weighted by molar-refractivity contribution is -0.125. The number of imide groups is 1. The van der Waals surface area contributed by atoms with Crippen LogP contribution in [0.5, 0.6) is 0 Å². The van der Waals surface area contributed by atoms with Gasteiger partial charge in [-0.15, -0.1) is 0 Å². The lowest BCUT2D eigenvalue weighted by Gasteiger charge is -2.19.